The maximum Gasteiger partial charge on any atom is 0.234 e. The lowest BCUT2D eigenvalue weighted by atomic mass is 10.2. The molecule has 1 amide bonds. The minimum Gasteiger partial charge on any atom is -0.461 e. The number of hydrogen-bond donors (Lipinski definition) is 1. The van der Waals surface area contributed by atoms with Crippen molar-refractivity contribution >= 4 is 23.4 Å². The molecule has 1 aromatic carbocycles. The Bertz CT molecular complexity index is 813. The molecular weight excluding hydrogens is 336 g/mol. The Morgan fingerprint density at radius 1 is 1.20 bits per heavy atom. The van der Waals surface area contributed by atoms with E-state index in [0.717, 1.165) is 12.2 Å². The molecule has 0 saturated heterocycles. The number of para-hydroxylation sites is 1. The topological polar surface area (TPSA) is 73.0 Å². The van der Waals surface area contributed by atoms with Crippen molar-refractivity contribution in [3.63, 3.8) is 0 Å². The zero-order valence-corrected chi connectivity index (χ0v) is 15.0. The molecule has 0 saturated carbocycles. The molecule has 0 aliphatic rings. The molecule has 0 aliphatic carbocycles. The first-order valence-electron chi connectivity index (χ1n) is 8.08. The number of anilines is 1. The molecule has 2 heterocycles. The van der Waals surface area contributed by atoms with Crippen LogP contribution in [0.15, 0.2) is 58.3 Å². The molecule has 2 aromatic heterocycles. The average molecular weight is 356 g/mol. The number of aromatic nitrogens is 3. The largest absolute Gasteiger partial charge is 0.461 e. The van der Waals surface area contributed by atoms with Gasteiger partial charge in [0, 0.05) is 12.2 Å². The molecule has 0 unspecified atom stereocenters. The Balaban J connectivity index is 1.70. The van der Waals surface area contributed by atoms with Crippen LogP contribution in [0.1, 0.15) is 13.8 Å². The SMILES string of the molecule is CC(C)Cn1c(SCC(=O)Nc2ccccc2)nnc1-c1ccco1. The Kier molecular flexibility index (Phi) is 5.55. The third-order valence-corrected chi connectivity index (χ3v) is 4.36. The quantitative estimate of drug-likeness (QED) is 0.650. The third-order valence-electron chi connectivity index (χ3n) is 3.40. The van der Waals surface area contributed by atoms with Crippen molar-refractivity contribution in [1.82, 2.24) is 14.8 Å². The summed E-state index contributed by atoms with van der Waals surface area (Å²) in [5.41, 5.74) is 0.785. The summed E-state index contributed by atoms with van der Waals surface area (Å²) in [7, 11) is 0. The van der Waals surface area contributed by atoms with E-state index in [1.54, 1.807) is 6.26 Å². The van der Waals surface area contributed by atoms with Crippen LogP contribution in [0.4, 0.5) is 5.69 Å². The van der Waals surface area contributed by atoms with Gasteiger partial charge < -0.3 is 9.73 Å². The van der Waals surface area contributed by atoms with Crippen LogP contribution in [0, 0.1) is 5.92 Å². The molecular formula is C18H20N4O2S. The number of carbonyl (C=O) groups excluding carboxylic acids is 1. The zero-order chi connectivity index (χ0) is 17.6. The van der Waals surface area contributed by atoms with E-state index in [2.05, 4.69) is 29.4 Å². The molecule has 25 heavy (non-hydrogen) atoms. The second-order valence-electron chi connectivity index (χ2n) is 5.99. The minimum atomic E-state index is -0.0742. The van der Waals surface area contributed by atoms with Crippen molar-refractivity contribution in [3.8, 4) is 11.6 Å². The molecule has 0 fully saturated rings. The van der Waals surface area contributed by atoms with Gasteiger partial charge in [0.05, 0.1) is 12.0 Å². The highest BCUT2D eigenvalue weighted by molar-refractivity contribution is 7.99. The number of nitrogens with zero attached hydrogens (tertiary/aromatic N) is 3. The first-order chi connectivity index (χ1) is 12.1. The first-order valence-corrected chi connectivity index (χ1v) is 9.07. The van der Waals surface area contributed by atoms with Crippen LogP contribution < -0.4 is 5.32 Å². The van der Waals surface area contributed by atoms with Crippen molar-refractivity contribution in [2.24, 2.45) is 5.92 Å². The minimum absolute atomic E-state index is 0.0742. The van der Waals surface area contributed by atoms with E-state index < -0.39 is 0 Å². The molecule has 3 rings (SSSR count). The molecule has 0 radical (unpaired) electrons. The summed E-state index contributed by atoms with van der Waals surface area (Å²) in [4.78, 5) is 12.1. The van der Waals surface area contributed by atoms with Crippen LogP contribution in [0.3, 0.4) is 0 Å². The highest BCUT2D eigenvalue weighted by atomic mass is 32.2. The average Bonchev–Trinajstić information content (AvgIpc) is 3.23. The van der Waals surface area contributed by atoms with Crippen LogP contribution in [0.2, 0.25) is 0 Å². The fraction of sp³-hybridized carbons (Fsp3) is 0.278. The number of benzene rings is 1. The Morgan fingerprint density at radius 2 is 2.00 bits per heavy atom. The fourth-order valence-electron chi connectivity index (χ4n) is 2.36. The molecule has 130 valence electrons. The number of furan rings is 1. The van der Waals surface area contributed by atoms with Gasteiger partial charge >= 0.3 is 0 Å². The molecule has 1 N–H and O–H groups in total. The van der Waals surface area contributed by atoms with Crippen LogP contribution in [0.25, 0.3) is 11.6 Å². The third kappa shape index (κ3) is 4.51. The van der Waals surface area contributed by atoms with Crippen molar-refractivity contribution < 1.29 is 9.21 Å². The van der Waals surface area contributed by atoms with Crippen LogP contribution in [-0.4, -0.2) is 26.4 Å². The fourth-order valence-corrected chi connectivity index (χ4v) is 3.11. The number of nitrogens with one attached hydrogen (secondary N) is 1. The first kappa shape index (κ1) is 17.3. The van der Waals surface area contributed by atoms with Crippen molar-refractivity contribution in [2.75, 3.05) is 11.1 Å². The molecule has 0 atom stereocenters. The molecule has 6 nitrogen and oxygen atoms in total. The van der Waals surface area contributed by atoms with Gasteiger partial charge in [-0.15, -0.1) is 10.2 Å². The lowest BCUT2D eigenvalue weighted by Crippen LogP contribution is -2.15. The smallest absolute Gasteiger partial charge is 0.234 e. The normalized spacial score (nSPS) is 11.0. The van der Waals surface area contributed by atoms with E-state index >= 15 is 0 Å². The summed E-state index contributed by atoms with van der Waals surface area (Å²) in [6, 6.07) is 13.1. The summed E-state index contributed by atoms with van der Waals surface area (Å²) in [5, 5.41) is 12.1. The summed E-state index contributed by atoms with van der Waals surface area (Å²) in [5.74, 6) is 1.97. The van der Waals surface area contributed by atoms with Crippen LogP contribution in [0.5, 0.6) is 0 Å². The molecule has 3 aromatic rings. The van der Waals surface area contributed by atoms with Crippen molar-refractivity contribution in [3.05, 3.63) is 48.7 Å². The maximum absolute atomic E-state index is 12.1. The molecule has 7 heteroatoms. The lowest BCUT2D eigenvalue weighted by Gasteiger charge is -2.11. The Hall–Kier alpha value is -2.54. The molecule has 0 spiro atoms. The molecule has 0 aliphatic heterocycles. The lowest BCUT2D eigenvalue weighted by molar-refractivity contribution is -0.113. The number of thioether (sulfide) groups is 1. The van der Waals surface area contributed by atoms with E-state index in [1.165, 1.54) is 11.8 Å². The standard InChI is InChI=1S/C18H20N4O2S/c1-13(2)11-22-17(15-9-6-10-24-15)20-21-18(22)25-12-16(23)19-14-7-4-3-5-8-14/h3-10,13H,11-12H2,1-2H3,(H,19,23). The van der Waals surface area contributed by atoms with Gasteiger partial charge in [-0.2, -0.15) is 0 Å². The van der Waals surface area contributed by atoms with Crippen molar-refractivity contribution in [2.45, 2.75) is 25.5 Å². The van der Waals surface area contributed by atoms with E-state index in [9.17, 15) is 4.79 Å². The maximum atomic E-state index is 12.1. The summed E-state index contributed by atoms with van der Waals surface area (Å²) in [6.45, 7) is 5.01. The van der Waals surface area contributed by atoms with Gasteiger partial charge in [-0.05, 0) is 30.2 Å². The predicted octanol–water partition coefficient (Wildman–Crippen LogP) is 3.92. The van der Waals surface area contributed by atoms with Gasteiger partial charge in [-0.3, -0.25) is 9.36 Å². The Labute approximate surface area is 150 Å². The highest BCUT2D eigenvalue weighted by Crippen LogP contribution is 2.25. The monoisotopic (exact) mass is 356 g/mol. The summed E-state index contributed by atoms with van der Waals surface area (Å²) in [6.07, 6.45) is 1.61. The zero-order valence-electron chi connectivity index (χ0n) is 14.2. The predicted molar refractivity (Wildman–Crippen MR) is 98.4 cm³/mol. The molecule has 0 bridgehead atoms. The van der Waals surface area contributed by atoms with Gasteiger partial charge in [0.15, 0.2) is 16.7 Å². The van der Waals surface area contributed by atoms with E-state index in [-0.39, 0.29) is 11.7 Å². The van der Waals surface area contributed by atoms with Crippen LogP contribution >= 0.6 is 11.8 Å². The van der Waals surface area contributed by atoms with Gasteiger partial charge in [0.2, 0.25) is 5.91 Å². The van der Waals surface area contributed by atoms with Gasteiger partial charge in [0.25, 0.3) is 0 Å². The van der Waals surface area contributed by atoms with Crippen LogP contribution in [-0.2, 0) is 11.3 Å². The second kappa shape index (κ2) is 8.02. The Morgan fingerprint density at radius 3 is 2.68 bits per heavy atom. The number of carbonyl (C=O) groups is 1. The van der Waals surface area contributed by atoms with E-state index in [4.69, 9.17) is 4.42 Å². The van der Waals surface area contributed by atoms with Crippen molar-refractivity contribution in [1.29, 1.82) is 0 Å². The number of hydrogen-bond acceptors (Lipinski definition) is 5. The number of rotatable bonds is 7. The highest BCUT2D eigenvalue weighted by Gasteiger charge is 2.18. The van der Waals surface area contributed by atoms with Gasteiger partial charge in [0.1, 0.15) is 0 Å². The van der Waals surface area contributed by atoms with E-state index in [0.29, 0.717) is 22.7 Å². The van der Waals surface area contributed by atoms with E-state index in [1.807, 2.05) is 47.0 Å². The van der Waals surface area contributed by atoms with Gasteiger partial charge in [-0.1, -0.05) is 43.8 Å². The summed E-state index contributed by atoms with van der Waals surface area (Å²) >= 11 is 1.37. The number of amides is 1. The second-order valence-corrected chi connectivity index (χ2v) is 6.93. The van der Waals surface area contributed by atoms with Gasteiger partial charge in [-0.25, -0.2) is 0 Å². The summed E-state index contributed by atoms with van der Waals surface area (Å²) < 4.78 is 7.45.